The summed E-state index contributed by atoms with van der Waals surface area (Å²) in [7, 11) is 2.10. The van der Waals surface area contributed by atoms with E-state index < -0.39 is 0 Å². The molecule has 2 aromatic heterocycles. The number of anilines is 1. The van der Waals surface area contributed by atoms with Crippen LogP contribution in [-0.4, -0.2) is 69.6 Å². The summed E-state index contributed by atoms with van der Waals surface area (Å²) < 4.78 is 2.12. The van der Waals surface area contributed by atoms with E-state index >= 15 is 0 Å². The number of carbonyl (C=O) groups excluding carboxylic acids is 2. The molecule has 0 unspecified atom stereocenters. The van der Waals surface area contributed by atoms with Gasteiger partial charge in [-0.15, -0.1) is 0 Å². The molecule has 144 valence electrons. The number of nitrogens with one attached hydrogen (secondary N) is 2. The van der Waals surface area contributed by atoms with E-state index in [1.54, 1.807) is 0 Å². The standard InChI is InChI=1S/C19H26N6O2/c1-13(26)20-18-15-5-3-7-25-12-14(11-16(25)17(15)21-22-18)19(27)24-8-4-6-23(2)9-10-24/h11-12H,3-10H2,1-2H3,(H2,20,21,22,26). The molecule has 8 nitrogen and oxygen atoms in total. The molecule has 0 bridgehead atoms. The first-order valence-electron chi connectivity index (χ1n) is 9.56. The molecule has 2 aromatic rings. The fraction of sp³-hybridized carbons (Fsp3) is 0.526. The van der Waals surface area contributed by atoms with E-state index in [2.05, 4.69) is 32.0 Å². The number of aryl methyl sites for hydroxylation is 1. The van der Waals surface area contributed by atoms with Crippen LogP contribution in [0.5, 0.6) is 0 Å². The molecule has 0 spiro atoms. The summed E-state index contributed by atoms with van der Waals surface area (Å²) in [6.07, 6.45) is 4.73. The van der Waals surface area contributed by atoms with Gasteiger partial charge in [-0.2, -0.15) is 5.10 Å². The van der Waals surface area contributed by atoms with Gasteiger partial charge < -0.3 is 19.7 Å². The number of aromatic amines is 1. The van der Waals surface area contributed by atoms with Crippen LogP contribution in [0.1, 0.15) is 35.7 Å². The number of fused-ring (bicyclic) bond motifs is 3. The predicted octanol–water partition coefficient (Wildman–Crippen LogP) is 1.56. The minimum Gasteiger partial charge on any atom is -0.345 e. The average Bonchev–Trinajstić information content (AvgIpc) is 3.08. The first-order chi connectivity index (χ1) is 13.0. The van der Waals surface area contributed by atoms with Gasteiger partial charge in [0.1, 0.15) is 0 Å². The number of rotatable bonds is 2. The molecular weight excluding hydrogens is 344 g/mol. The van der Waals surface area contributed by atoms with Crippen LogP contribution < -0.4 is 5.32 Å². The van der Waals surface area contributed by atoms with Crippen LogP contribution in [0.3, 0.4) is 0 Å². The van der Waals surface area contributed by atoms with E-state index in [0.29, 0.717) is 5.82 Å². The molecule has 2 aliphatic rings. The Bertz CT molecular complexity index is 868. The second kappa shape index (κ2) is 7.19. The normalized spacial score (nSPS) is 17.6. The van der Waals surface area contributed by atoms with E-state index in [9.17, 15) is 9.59 Å². The molecule has 2 aliphatic heterocycles. The van der Waals surface area contributed by atoms with Crippen molar-refractivity contribution < 1.29 is 9.59 Å². The highest BCUT2D eigenvalue weighted by molar-refractivity contribution is 5.96. The molecule has 8 heteroatoms. The molecule has 0 saturated carbocycles. The third-order valence-corrected chi connectivity index (χ3v) is 5.39. The summed E-state index contributed by atoms with van der Waals surface area (Å²) in [6.45, 7) is 5.82. The van der Waals surface area contributed by atoms with Crippen molar-refractivity contribution in [1.29, 1.82) is 0 Å². The SMILES string of the molecule is CC(=O)Nc1n[nH]c2c1CCCn1cc(C(=O)N3CCCN(C)CC3)cc1-2. The van der Waals surface area contributed by atoms with Gasteiger partial charge in [0.25, 0.3) is 5.91 Å². The third-order valence-electron chi connectivity index (χ3n) is 5.39. The van der Waals surface area contributed by atoms with E-state index in [-0.39, 0.29) is 11.8 Å². The average molecular weight is 370 g/mol. The fourth-order valence-electron chi connectivity index (χ4n) is 3.97. The third kappa shape index (κ3) is 3.49. The predicted molar refractivity (Wildman–Crippen MR) is 103 cm³/mol. The summed E-state index contributed by atoms with van der Waals surface area (Å²) in [5, 5.41) is 10.1. The zero-order valence-corrected chi connectivity index (χ0v) is 15.9. The van der Waals surface area contributed by atoms with E-state index in [4.69, 9.17) is 0 Å². The molecule has 1 saturated heterocycles. The Balaban J connectivity index is 1.63. The van der Waals surface area contributed by atoms with Crippen molar-refractivity contribution in [2.24, 2.45) is 0 Å². The molecule has 1 fully saturated rings. The number of hydrogen-bond donors (Lipinski definition) is 2. The second-order valence-electron chi connectivity index (χ2n) is 7.47. The summed E-state index contributed by atoms with van der Waals surface area (Å²) in [6, 6.07) is 1.96. The molecule has 2 amide bonds. The van der Waals surface area contributed by atoms with Gasteiger partial charge >= 0.3 is 0 Å². The maximum Gasteiger partial charge on any atom is 0.255 e. The van der Waals surface area contributed by atoms with Gasteiger partial charge in [0.05, 0.1) is 17.0 Å². The molecule has 27 heavy (non-hydrogen) atoms. The summed E-state index contributed by atoms with van der Waals surface area (Å²) in [5.74, 6) is 0.551. The van der Waals surface area contributed by atoms with E-state index in [0.717, 1.165) is 74.5 Å². The number of likely N-dealkylation sites (N-methyl/N-ethyl adjacent to an activating group) is 1. The maximum atomic E-state index is 13.0. The van der Waals surface area contributed by atoms with Crippen molar-refractivity contribution in [2.75, 3.05) is 38.5 Å². The Morgan fingerprint density at radius 2 is 2.00 bits per heavy atom. The highest BCUT2D eigenvalue weighted by atomic mass is 16.2. The van der Waals surface area contributed by atoms with Crippen LogP contribution >= 0.6 is 0 Å². The van der Waals surface area contributed by atoms with Crippen molar-refractivity contribution >= 4 is 17.6 Å². The van der Waals surface area contributed by atoms with Gasteiger partial charge in [0.15, 0.2) is 5.82 Å². The first-order valence-corrected chi connectivity index (χ1v) is 9.56. The largest absolute Gasteiger partial charge is 0.345 e. The Morgan fingerprint density at radius 3 is 2.81 bits per heavy atom. The minimum atomic E-state index is -0.133. The van der Waals surface area contributed by atoms with Crippen molar-refractivity contribution in [1.82, 2.24) is 24.6 Å². The lowest BCUT2D eigenvalue weighted by Gasteiger charge is -2.19. The zero-order valence-electron chi connectivity index (χ0n) is 15.9. The molecule has 2 N–H and O–H groups in total. The van der Waals surface area contributed by atoms with E-state index in [1.165, 1.54) is 6.92 Å². The lowest BCUT2D eigenvalue weighted by Crippen LogP contribution is -2.34. The Morgan fingerprint density at radius 1 is 1.15 bits per heavy atom. The highest BCUT2D eigenvalue weighted by Gasteiger charge is 2.25. The summed E-state index contributed by atoms with van der Waals surface area (Å²) >= 11 is 0. The smallest absolute Gasteiger partial charge is 0.255 e. The minimum absolute atomic E-state index is 0.0917. The van der Waals surface area contributed by atoms with Crippen LogP contribution in [0, 0.1) is 0 Å². The van der Waals surface area contributed by atoms with Gasteiger partial charge in [-0.1, -0.05) is 0 Å². The number of amides is 2. The quantitative estimate of drug-likeness (QED) is 0.840. The van der Waals surface area contributed by atoms with Gasteiger partial charge in [-0.3, -0.25) is 14.7 Å². The Labute approximate surface area is 158 Å². The zero-order chi connectivity index (χ0) is 19.0. The van der Waals surface area contributed by atoms with Crippen molar-refractivity contribution in [3.8, 4) is 11.4 Å². The Kier molecular flexibility index (Phi) is 4.73. The highest BCUT2D eigenvalue weighted by Crippen LogP contribution is 2.33. The molecular formula is C19H26N6O2. The van der Waals surface area contributed by atoms with E-state index in [1.807, 2.05) is 17.2 Å². The maximum absolute atomic E-state index is 13.0. The molecule has 0 aromatic carbocycles. The van der Waals surface area contributed by atoms with Gasteiger partial charge in [0, 0.05) is 44.9 Å². The van der Waals surface area contributed by atoms with Crippen LogP contribution in [0.25, 0.3) is 11.4 Å². The lowest BCUT2D eigenvalue weighted by atomic mass is 10.1. The van der Waals surface area contributed by atoms with Crippen LogP contribution in [0.15, 0.2) is 12.3 Å². The number of nitrogens with zero attached hydrogens (tertiary/aromatic N) is 4. The van der Waals surface area contributed by atoms with Crippen LogP contribution in [0.4, 0.5) is 5.82 Å². The second-order valence-corrected chi connectivity index (χ2v) is 7.47. The molecule has 4 heterocycles. The van der Waals surface area contributed by atoms with Crippen molar-refractivity contribution in [3.05, 3.63) is 23.4 Å². The van der Waals surface area contributed by atoms with Crippen molar-refractivity contribution in [2.45, 2.75) is 32.7 Å². The van der Waals surface area contributed by atoms with Crippen molar-refractivity contribution in [3.63, 3.8) is 0 Å². The molecule has 0 radical (unpaired) electrons. The van der Waals surface area contributed by atoms with Crippen LogP contribution in [0.2, 0.25) is 0 Å². The lowest BCUT2D eigenvalue weighted by molar-refractivity contribution is -0.114. The topological polar surface area (TPSA) is 86.3 Å². The van der Waals surface area contributed by atoms with Crippen LogP contribution in [-0.2, 0) is 17.8 Å². The molecule has 4 rings (SSSR count). The number of hydrogen-bond acceptors (Lipinski definition) is 4. The number of H-pyrrole nitrogens is 1. The monoisotopic (exact) mass is 370 g/mol. The first kappa shape index (κ1) is 17.8. The number of aromatic nitrogens is 3. The molecule has 0 aliphatic carbocycles. The van der Waals surface area contributed by atoms with Gasteiger partial charge in [0.2, 0.25) is 5.91 Å². The summed E-state index contributed by atoms with van der Waals surface area (Å²) in [4.78, 5) is 28.7. The van der Waals surface area contributed by atoms with Gasteiger partial charge in [-0.25, -0.2) is 0 Å². The number of carbonyl (C=O) groups is 2. The molecule has 0 atom stereocenters. The van der Waals surface area contributed by atoms with Gasteiger partial charge in [-0.05, 0) is 38.9 Å². The Hall–Kier alpha value is -2.61. The fourth-order valence-corrected chi connectivity index (χ4v) is 3.97. The summed E-state index contributed by atoms with van der Waals surface area (Å²) in [5.41, 5.74) is 3.59.